The summed E-state index contributed by atoms with van der Waals surface area (Å²) in [4.78, 5) is 10.6. The number of hydrogen-bond acceptors (Lipinski definition) is 5. The number of aliphatic hydroxyl groups is 1. The maximum absolute atomic E-state index is 10.6. The van der Waals surface area contributed by atoms with Gasteiger partial charge in [0.05, 0.1) is 0 Å². The second-order valence-corrected chi connectivity index (χ2v) is 3.85. The number of carboxylic acids is 1. The maximum Gasteiger partial charge on any atom is 0.335 e. The highest BCUT2D eigenvalue weighted by Gasteiger charge is 2.56. The second kappa shape index (κ2) is 2.90. The van der Waals surface area contributed by atoms with Crippen molar-refractivity contribution in [3.63, 3.8) is 0 Å². The van der Waals surface area contributed by atoms with E-state index in [4.69, 9.17) is 19.3 Å². The Morgan fingerprint density at radius 2 is 2.00 bits per heavy atom. The van der Waals surface area contributed by atoms with Crippen LogP contribution in [0, 0.1) is 0 Å². The van der Waals surface area contributed by atoms with E-state index in [2.05, 4.69) is 0 Å². The first kappa shape index (κ1) is 9.85. The Hall–Kier alpha value is -0.690. The van der Waals surface area contributed by atoms with E-state index >= 15 is 0 Å². The van der Waals surface area contributed by atoms with E-state index < -0.39 is 36.4 Å². The quantitative estimate of drug-likeness (QED) is 0.588. The number of carbonyl (C=O) groups is 1. The van der Waals surface area contributed by atoms with Crippen LogP contribution in [0.3, 0.4) is 0 Å². The fraction of sp³-hybridized carbons (Fsp3) is 0.875. The summed E-state index contributed by atoms with van der Waals surface area (Å²) < 4.78 is 15.6. The number of fused-ring (bicyclic) bond motifs is 1. The summed E-state index contributed by atoms with van der Waals surface area (Å²) in [7, 11) is 0. The average molecular weight is 204 g/mol. The fourth-order valence-electron chi connectivity index (χ4n) is 1.70. The van der Waals surface area contributed by atoms with Crippen molar-refractivity contribution in [3.8, 4) is 0 Å². The minimum Gasteiger partial charge on any atom is -0.479 e. The minimum atomic E-state index is -1.26. The highest BCUT2D eigenvalue weighted by molar-refractivity contribution is 5.73. The SMILES string of the molecule is CC1(C)OC2OC(C(=O)O)[C@@H](O)[C@@H]2O1. The van der Waals surface area contributed by atoms with E-state index in [9.17, 15) is 9.90 Å². The molecule has 2 rings (SSSR count). The molecule has 2 unspecified atom stereocenters. The van der Waals surface area contributed by atoms with Gasteiger partial charge in [0.25, 0.3) is 0 Å². The molecule has 6 nitrogen and oxygen atoms in total. The number of carboxylic acid groups (broad SMARTS) is 1. The molecule has 0 aromatic rings. The molecule has 2 N–H and O–H groups in total. The van der Waals surface area contributed by atoms with E-state index in [0.717, 1.165) is 0 Å². The molecule has 4 atom stereocenters. The van der Waals surface area contributed by atoms with Crippen molar-refractivity contribution < 1.29 is 29.2 Å². The molecule has 2 aliphatic rings. The lowest BCUT2D eigenvalue weighted by atomic mass is 10.1. The third-order valence-corrected chi connectivity index (χ3v) is 2.26. The van der Waals surface area contributed by atoms with Gasteiger partial charge in [0.2, 0.25) is 0 Å². The number of ether oxygens (including phenoxy) is 3. The van der Waals surface area contributed by atoms with Crippen LogP contribution >= 0.6 is 0 Å². The van der Waals surface area contributed by atoms with Crippen LogP contribution in [0.5, 0.6) is 0 Å². The van der Waals surface area contributed by atoms with Crippen molar-refractivity contribution in [3.05, 3.63) is 0 Å². The Bertz CT molecular complexity index is 263. The van der Waals surface area contributed by atoms with Gasteiger partial charge in [0, 0.05) is 0 Å². The monoisotopic (exact) mass is 204 g/mol. The van der Waals surface area contributed by atoms with Gasteiger partial charge < -0.3 is 24.4 Å². The number of aliphatic hydroxyl groups excluding tert-OH is 1. The Kier molecular flexibility index (Phi) is 2.04. The van der Waals surface area contributed by atoms with Crippen LogP contribution in [0.15, 0.2) is 0 Å². The van der Waals surface area contributed by atoms with E-state index in [-0.39, 0.29) is 0 Å². The smallest absolute Gasteiger partial charge is 0.335 e. The molecule has 2 aliphatic heterocycles. The maximum atomic E-state index is 10.6. The summed E-state index contributed by atoms with van der Waals surface area (Å²) in [5.74, 6) is -2.04. The molecule has 0 radical (unpaired) electrons. The Balaban J connectivity index is 2.11. The topological polar surface area (TPSA) is 85.2 Å². The lowest BCUT2D eigenvalue weighted by Gasteiger charge is -2.21. The molecular formula is C8H12O6. The molecule has 0 spiro atoms. The largest absolute Gasteiger partial charge is 0.479 e. The molecule has 0 saturated carbocycles. The summed E-state index contributed by atoms with van der Waals surface area (Å²) in [5.41, 5.74) is 0. The standard InChI is InChI=1S/C8H12O6/c1-8(2)13-5-3(9)4(6(10)11)12-7(5)14-8/h3-5,7,9H,1-2H3,(H,10,11)/t3-,4?,5+,7?/m1/s1. The van der Waals surface area contributed by atoms with Crippen molar-refractivity contribution in [1.29, 1.82) is 0 Å². The predicted molar refractivity (Wildman–Crippen MR) is 42.3 cm³/mol. The average Bonchev–Trinajstić information content (AvgIpc) is 2.46. The van der Waals surface area contributed by atoms with E-state index in [0.29, 0.717) is 0 Å². The van der Waals surface area contributed by atoms with Gasteiger partial charge in [-0.05, 0) is 13.8 Å². The zero-order valence-electron chi connectivity index (χ0n) is 7.84. The first-order valence-corrected chi connectivity index (χ1v) is 4.33. The summed E-state index contributed by atoms with van der Waals surface area (Å²) in [6.45, 7) is 3.36. The van der Waals surface area contributed by atoms with Gasteiger partial charge in [-0.1, -0.05) is 0 Å². The van der Waals surface area contributed by atoms with Gasteiger partial charge in [0.15, 0.2) is 18.2 Å². The second-order valence-electron chi connectivity index (χ2n) is 3.85. The predicted octanol–water partition coefficient (Wildman–Crippen LogP) is -0.692. The van der Waals surface area contributed by atoms with Crippen LogP contribution < -0.4 is 0 Å². The molecule has 6 heteroatoms. The van der Waals surface area contributed by atoms with Gasteiger partial charge in [-0.2, -0.15) is 0 Å². The van der Waals surface area contributed by atoms with Gasteiger partial charge in [-0.15, -0.1) is 0 Å². The molecule has 0 aromatic carbocycles. The lowest BCUT2D eigenvalue weighted by Crippen LogP contribution is -2.38. The molecule has 2 fully saturated rings. The van der Waals surface area contributed by atoms with Crippen LogP contribution in [0.2, 0.25) is 0 Å². The van der Waals surface area contributed by atoms with Crippen molar-refractivity contribution in [2.75, 3.05) is 0 Å². The van der Waals surface area contributed by atoms with E-state index in [1.54, 1.807) is 13.8 Å². The van der Waals surface area contributed by atoms with Crippen LogP contribution in [0.4, 0.5) is 0 Å². The molecule has 0 bridgehead atoms. The zero-order chi connectivity index (χ0) is 10.5. The number of hydrogen-bond donors (Lipinski definition) is 2. The van der Waals surface area contributed by atoms with Crippen LogP contribution in [0.1, 0.15) is 13.8 Å². The van der Waals surface area contributed by atoms with Crippen molar-refractivity contribution in [2.45, 2.75) is 44.2 Å². The molecular weight excluding hydrogens is 192 g/mol. The zero-order valence-corrected chi connectivity index (χ0v) is 7.84. The van der Waals surface area contributed by atoms with Crippen molar-refractivity contribution in [1.82, 2.24) is 0 Å². The summed E-state index contributed by atoms with van der Waals surface area (Å²) >= 11 is 0. The molecule has 2 heterocycles. The Labute approximate surface area is 80.4 Å². The Morgan fingerprint density at radius 1 is 1.36 bits per heavy atom. The molecule has 0 aromatic heterocycles. The molecule has 0 aliphatic carbocycles. The highest BCUT2D eigenvalue weighted by atomic mass is 16.8. The fourth-order valence-corrected chi connectivity index (χ4v) is 1.70. The first-order valence-electron chi connectivity index (χ1n) is 4.33. The lowest BCUT2D eigenvalue weighted by molar-refractivity contribution is -0.219. The first-order chi connectivity index (χ1) is 6.41. The summed E-state index contributed by atoms with van der Waals surface area (Å²) in [6, 6.07) is 0. The van der Waals surface area contributed by atoms with Gasteiger partial charge in [0.1, 0.15) is 12.2 Å². The molecule has 0 amide bonds. The summed E-state index contributed by atoms with van der Waals surface area (Å²) in [5, 5.41) is 18.2. The molecule has 2 saturated heterocycles. The minimum absolute atomic E-state index is 0.717. The van der Waals surface area contributed by atoms with Crippen LogP contribution in [-0.2, 0) is 19.0 Å². The van der Waals surface area contributed by atoms with E-state index in [1.807, 2.05) is 0 Å². The third-order valence-electron chi connectivity index (χ3n) is 2.26. The number of aliphatic carboxylic acids is 1. The Morgan fingerprint density at radius 3 is 2.50 bits per heavy atom. The van der Waals surface area contributed by atoms with Crippen molar-refractivity contribution >= 4 is 5.97 Å². The van der Waals surface area contributed by atoms with Gasteiger partial charge in [-0.3, -0.25) is 0 Å². The van der Waals surface area contributed by atoms with E-state index in [1.165, 1.54) is 0 Å². The number of rotatable bonds is 1. The molecule has 80 valence electrons. The third kappa shape index (κ3) is 1.40. The molecule has 14 heavy (non-hydrogen) atoms. The summed E-state index contributed by atoms with van der Waals surface area (Å²) in [6.07, 6.45) is -3.95. The van der Waals surface area contributed by atoms with Gasteiger partial charge >= 0.3 is 5.97 Å². The van der Waals surface area contributed by atoms with Crippen LogP contribution in [-0.4, -0.2) is 46.6 Å². The van der Waals surface area contributed by atoms with Gasteiger partial charge in [-0.25, -0.2) is 4.79 Å². The van der Waals surface area contributed by atoms with Crippen LogP contribution in [0.25, 0.3) is 0 Å². The van der Waals surface area contributed by atoms with Crippen molar-refractivity contribution in [2.24, 2.45) is 0 Å². The normalized spacial score (nSPS) is 45.1. The highest BCUT2D eigenvalue weighted by Crippen LogP contribution is 2.37.